The van der Waals surface area contributed by atoms with Crippen LogP contribution in [-0.2, 0) is 0 Å². The molecule has 0 spiro atoms. The third kappa shape index (κ3) is 1.53. The lowest BCUT2D eigenvalue weighted by molar-refractivity contribution is 1.47. The molecule has 13 heavy (non-hydrogen) atoms. The van der Waals surface area contributed by atoms with E-state index in [1.165, 1.54) is 16.3 Å². The van der Waals surface area contributed by atoms with Crippen LogP contribution < -0.4 is 0 Å². The summed E-state index contributed by atoms with van der Waals surface area (Å²) in [6.07, 6.45) is 0. The van der Waals surface area contributed by atoms with Gasteiger partial charge in [-0.15, -0.1) is 0 Å². The Labute approximate surface area is 94.2 Å². The second-order valence-corrected chi connectivity index (χ2v) is 4.72. The van der Waals surface area contributed by atoms with Gasteiger partial charge < -0.3 is 0 Å². The maximum atomic E-state index is 3.55. The molecule has 2 aromatic carbocycles. The largest absolute Gasteiger partial charge is 0.0616 e. The first-order chi connectivity index (χ1) is 6.20. The van der Waals surface area contributed by atoms with Gasteiger partial charge in [-0.3, -0.25) is 0 Å². The van der Waals surface area contributed by atoms with E-state index in [4.69, 9.17) is 0 Å². The summed E-state index contributed by atoms with van der Waals surface area (Å²) in [7, 11) is 0. The molecule has 2 heteroatoms. The second kappa shape index (κ2) is 3.43. The zero-order valence-corrected chi connectivity index (χ0v) is 10.3. The number of aryl methyl sites for hydroxylation is 1. The fraction of sp³-hybridized carbons (Fsp3) is 0.0909. The summed E-state index contributed by atoms with van der Waals surface area (Å²) in [6.45, 7) is 2.12. The van der Waals surface area contributed by atoms with Gasteiger partial charge in [0.15, 0.2) is 0 Å². The predicted octanol–water partition coefficient (Wildman–Crippen LogP) is 4.67. The quantitative estimate of drug-likeness (QED) is 0.663. The highest BCUT2D eigenvalue weighted by atomic mass is 79.9. The van der Waals surface area contributed by atoms with Crippen molar-refractivity contribution < 1.29 is 0 Å². The molecule has 2 rings (SSSR count). The molecule has 0 aliphatic carbocycles. The Morgan fingerprint density at radius 3 is 2.23 bits per heavy atom. The lowest BCUT2D eigenvalue weighted by atomic mass is 10.1. The smallest absolute Gasteiger partial charge is 0.0265 e. The Balaban J connectivity index is 2.97. The van der Waals surface area contributed by atoms with Crippen LogP contribution >= 0.6 is 31.9 Å². The summed E-state index contributed by atoms with van der Waals surface area (Å²) < 4.78 is 2.29. The van der Waals surface area contributed by atoms with Crippen LogP contribution in [0.4, 0.5) is 0 Å². The van der Waals surface area contributed by atoms with Crippen molar-refractivity contribution in [1.29, 1.82) is 0 Å². The maximum absolute atomic E-state index is 3.55. The van der Waals surface area contributed by atoms with Crippen LogP contribution in [0.1, 0.15) is 5.56 Å². The van der Waals surface area contributed by atoms with Gasteiger partial charge in [0.05, 0.1) is 0 Å². The molecule has 0 aromatic heterocycles. The van der Waals surface area contributed by atoms with Crippen molar-refractivity contribution in [3.63, 3.8) is 0 Å². The molecule has 66 valence electrons. The van der Waals surface area contributed by atoms with E-state index < -0.39 is 0 Å². The predicted molar refractivity (Wildman–Crippen MR) is 64.1 cm³/mol. The minimum Gasteiger partial charge on any atom is -0.0616 e. The molecule has 0 amide bonds. The molecule has 2 aromatic rings. The molecule has 0 N–H and O–H groups in total. The van der Waals surface area contributed by atoms with Gasteiger partial charge >= 0.3 is 0 Å². The Hall–Kier alpha value is -0.340. The van der Waals surface area contributed by atoms with E-state index in [9.17, 15) is 0 Å². The van der Waals surface area contributed by atoms with E-state index in [1.807, 2.05) is 0 Å². The van der Waals surface area contributed by atoms with Gasteiger partial charge in [-0.25, -0.2) is 0 Å². The minimum absolute atomic E-state index is 1.14. The molecule has 0 aliphatic rings. The number of hydrogen-bond acceptors (Lipinski definition) is 0. The average Bonchev–Trinajstić information content (AvgIpc) is 2.15. The van der Waals surface area contributed by atoms with Crippen molar-refractivity contribution in [1.82, 2.24) is 0 Å². The highest BCUT2D eigenvalue weighted by Crippen LogP contribution is 2.31. The SMILES string of the molecule is Cc1c(Br)cc(Br)c2ccccc12. The summed E-state index contributed by atoms with van der Waals surface area (Å²) in [5.74, 6) is 0. The van der Waals surface area contributed by atoms with Crippen molar-refractivity contribution in [2.75, 3.05) is 0 Å². The molecule has 0 saturated heterocycles. The maximum Gasteiger partial charge on any atom is 0.0265 e. The molecular weight excluding hydrogens is 292 g/mol. The normalized spacial score (nSPS) is 10.7. The monoisotopic (exact) mass is 298 g/mol. The van der Waals surface area contributed by atoms with Crippen molar-refractivity contribution in [2.45, 2.75) is 6.92 Å². The Kier molecular flexibility index (Phi) is 2.43. The van der Waals surface area contributed by atoms with Crippen LogP contribution in [0, 0.1) is 6.92 Å². The van der Waals surface area contributed by atoms with Crippen molar-refractivity contribution in [3.8, 4) is 0 Å². The summed E-state index contributed by atoms with van der Waals surface area (Å²) in [5, 5.41) is 2.56. The van der Waals surface area contributed by atoms with Gasteiger partial charge in [0.1, 0.15) is 0 Å². The number of halogens is 2. The van der Waals surface area contributed by atoms with Gasteiger partial charge in [-0.1, -0.05) is 56.1 Å². The molecular formula is C11H8Br2. The van der Waals surface area contributed by atoms with E-state index in [0.717, 1.165) is 8.95 Å². The molecule has 0 radical (unpaired) electrons. The van der Waals surface area contributed by atoms with Crippen LogP contribution in [0.2, 0.25) is 0 Å². The Bertz CT molecular complexity index is 461. The molecule has 0 aliphatic heterocycles. The lowest BCUT2D eigenvalue weighted by Gasteiger charge is -2.06. The van der Waals surface area contributed by atoms with E-state index >= 15 is 0 Å². The summed E-state index contributed by atoms with van der Waals surface area (Å²) in [5.41, 5.74) is 1.29. The van der Waals surface area contributed by atoms with E-state index in [0.29, 0.717) is 0 Å². The first kappa shape index (κ1) is 9.22. The summed E-state index contributed by atoms with van der Waals surface area (Å²) >= 11 is 7.09. The first-order valence-corrected chi connectivity index (χ1v) is 5.62. The topological polar surface area (TPSA) is 0 Å². The van der Waals surface area contributed by atoms with Crippen molar-refractivity contribution in [2.24, 2.45) is 0 Å². The standard InChI is InChI=1S/C11H8Br2/c1-7-8-4-2-3-5-9(8)11(13)6-10(7)12/h2-6H,1H3. The number of rotatable bonds is 0. The zero-order chi connectivity index (χ0) is 9.42. The van der Waals surface area contributed by atoms with Crippen molar-refractivity contribution in [3.05, 3.63) is 44.8 Å². The zero-order valence-electron chi connectivity index (χ0n) is 7.14. The summed E-state index contributed by atoms with van der Waals surface area (Å²) in [4.78, 5) is 0. The third-order valence-corrected chi connectivity index (χ3v) is 3.68. The average molecular weight is 300 g/mol. The molecule has 0 unspecified atom stereocenters. The number of fused-ring (bicyclic) bond motifs is 1. The second-order valence-electron chi connectivity index (χ2n) is 3.01. The van der Waals surface area contributed by atoms with Gasteiger partial charge in [-0.05, 0) is 29.3 Å². The fourth-order valence-electron chi connectivity index (χ4n) is 1.44. The Morgan fingerprint density at radius 2 is 1.54 bits per heavy atom. The van der Waals surface area contributed by atoms with Crippen LogP contribution in [0.25, 0.3) is 10.8 Å². The van der Waals surface area contributed by atoms with Gasteiger partial charge in [0.2, 0.25) is 0 Å². The van der Waals surface area contributed by atoms with Crippen molar-refractivity contribution >= 4 is 42.6 Å². The third-order valence-electron chi connectivity index (χ3n) is 2.20. The van der Waals surface area contributed by atoms with Crippen LogP contribution in [0.15, 0.2) is 39.3 Å². The molecule has 0 nitrogen and oxygen atoms in total. The molecule has 0 saturated carbocycles. The Morgan fingerprint density at radius 1 is 0.923 bits per heavy atom. The molecule has 0 atom stereocenters. The van der Waals surface area contributed by atoms with Crippen LogP contribution in [0.5, 0.6) is 0 Å². The molecule has 0 fully saturated rings. The number of hydrogen-bond donors (Lipinski definition) is 0. The minimum atomic E-state index is 1.14. The van der Waals surface area contributed by atoms with Crippen LogP contribution in [-0.4, -0.2) is 0 Å². The first-order valence-electron chi connectivity index (χ1n) is 4.03. The summed E-state index contributed by atoms with van der Waals surface area (Å²) in [6, 6.07) is 10.5. The highest BCUT2D eigenvalue weighted by molar-refractivity contribution is 9.11. The highest BCUT2D eigenvalue weighted by Gasteiger charge is 2.04. The van der Waals surface area contributed by atoms with E-state index in [1.54, 1.807) is 0 Å². The van der Waals surface area contributed by atoms with E-state index in [2.05, 4.69) is 69.1 Å². The molecule has 0 heterocycles. The van der Waals surface area contributed by atoms with Gasteiger partial charge in [0, 0.05) is 8.95 Å². The van der Waals surface area contributed by atoms with E-state index in [-0.39, 0.29) is 0 Å². The van der Waals surface area contributed by atoms with Gasteiger partial charge in [-0.2, -0.15) is 0 Å². The van der Waals surface area contributed by atoms with Crippen LogP contribution in [0.3, 0.4) is 0 Å². The lowest BCUT2D eigenvalue weighted by Crippen LogP contribution is -1.81. The fourth-order valence-corrected chi connectivity index (χ4v) is 2.77. The van der Waals surface area contributed by atoms with Gasteiger partial charge in [0.25, 0.3) is 0 Å². The number of benzene rings is 2. The molecule has 0 bridgehead atoms.